The molecule has 0 radical (unpaired) electrons. The molecule has 1 N–H and O–H groups in total. The van der Waals surface area contributed by atoms with Gasteiger partial charge in [-0.05, 0) is 27.8 Å². The summed E-state index contributed by atoms with van der Waals surface area (Å²) in [7, 11) is 0. The van der Waals surface area contributed by atoms with Crippen LogP contribution in [0.15, 0.2) is 115 Å². The van der Waals surface area contributed by atoms with Crippen molar-refractivity contribution in [3.63, 3.8) is 0 Å². The van der Waals surface area contributed by atoms with Crippen LogP contribution in [0.5, 0.6) is 0 Å². The van der Waals surface area contributed by atoms with Gasteiger partial charge in [-0.15, -0.1) is 11.6 Å². The lowest BCUT2D eigenvalue weighted by Gasteiger charge is -2.37. The van der Waals surface area contributed by atoms with Crippen LogP contribution in [0.3, 0.4) is 0 Å². The van der Waals surface area contributed by atoms with Crippen molar-refractivity contribution in [2.75, 3.05) is 13.2 Å². The molecule has 0 aromatic heterocycles. The van der Waals surface area contributed by atoms with Crippen LogP contribution in [-0.4, -0.2) is 13.2 Å². The summed E-state index contributed by atoms with van der Waals surface area (Å²) in [5.41, 5.74) is 5.39. The molecule has 0 heterocycles. The molecule has 162 valence electrons. The van der Waals surface area contributed by atoms with Gasteiger partial charge in [0.2, 0.25) is 0 Å². The molecule has 0 unspecified atom stereocenters. The highest BCUT2D eigenvalue weighted by Gasteiger charge is 2.35. The molecule has 0 spiro atoms. The molecule has 4 aromatic rings. The maximum absolute atomic E-state index is 6.07. The fraction of sp³-hybridized carbons (Fsp3) is 0.172. The third kappa shape index (κ3) is 4.94. The van der Waals surface area contributed by atoms with Crippen LogP contribution in [0.2, 0.25) is 0 Å². The zero-order chi connectivity index (χ0) is 22.1. The van der Waals surface area contributed by atoms with Gasteiger partial charge in [0.15, 0.2) is 0 Å². The van der Waals surface area contributed by atoms with Gasteiger partial charge in [0.1, 0.15) is 0 Å². The lowest BCUT2D eigenvalue weighted by molar-refractivity contribution is 0.118. The van der Waals surface area contributed by atoms with Crippen LogP contribution in [-0.2, 0) is 22.8 Å². The van der Waals surface area contributed by atoms with Crippen molar-refractivity contribution in [2.24, 2.45) is 0 Å². The maximum atomic E-state index is 6.07. The number of benzene rings is 4. The molecule has 0 aliphatic carbocycles. The van der Waals surface area contributed by atoms with Crippen LogP contribution < -0.4 is 5.32 Å². The first-order chi connectivity index (χ1) is 15.8. The van der Waals surface area contributed by atoms with E-state index in [0.717, 1.165) is 11.1 Å². The van der Waals surface area contributed by atoms with Crippen molar-refractivity contribution >= 4 is 11.6 Å². The number of rotatable bonds is 10. The first kappa shape index (κ1) is 22.3. The summed E-state index contributed by atoms with van der Waals surface area (Å²) < 4.78 is 6.04. The second kappa shape index (κ2) is 11.1. The number of nitrogens with one attached hydrogen (secondary N) is 1. The van der Waals surface area contributed by atoms with Gasteiger partial charge in [-0.2, -0.15) is 0 Å². The highest BCUT2D eigenvalue weighted by atomic mass is 35.5. The SMILES string of the molecule is ClCc1ccccc1COCCNC(c1ccccc1)(c1ccccc1)c1ccccc1. The Balaban J connectivity index is 1.59. The van der Waals surface area contributed by atoms with Gasteiger partial charge in [0, 0.05) is 12.4 Å². The van der Waals surface area contributed by atoms with E-state index >= 15 is 0 Å². The standard InChI is InChI=1S/C29H28ClNO/c30-22-24-12-10-11-13-25(24)23-32-21-20-31-29(26-14-4-1-5-15-26,27-16-6-2-7-17-27)28-18-8-3-9-19-28/h1-19,31H,20-23H2. The summed E-state index contributed by atoms with van der Waals surface area (Å²) in [6.45, 7) is 1.84. The Bertz CT molecular complexity index is 987. The van der Waals surface area contributed by atoms with Gasteiger partial charge in [-0.25, -0.2) is 0 Å². The lowest BCUT2D eigenvalue weighted by atomic mass is 9.77. The minimum atomic E-state index is -0.471. The first-order valence-corrected chi connectivity index (χ1v) is 11.5. The van der Waals surface area contributed by atoms with Crippen molar-refractivity contribution in [2.45, 2.75) is 18.0 Å². The van der Waals surface area contributed by atoms with Gasteiger partial charge in [0.25, 0.3) is 0 Å². The number of halogens is 1. The molecule has 0 saturated heterocycles. The second-order valence-electron chi connectivity index (χ2n) is 7.73. The van der Waals surface area contributed by atoms with Crippen molar-refractivity contribution in [1.82, 2.24) is 5.32 Å². The van der Waals surface area contributed by atoms with E-state index in [9.17, 15) is 0 Å². The Morgan fingerprint density at radius 1 is 0.594 bits per heavy atom. The zero-order valence-corrected chi connectivity index (χ0v) is 18.8. The molecule has 32 heavy (non-hydrogen) atoms. The van der Waals surface area contributed by atoms with Gasteiger partial charge in [0.05, 0.1) is 18.8 Å². The van der Waals surface area contributed by atoms with Gasteiger partial charge in [-0.3, -0.25) is 5.32 Å². The third-order valence-electron chi connectivity index (χ3n) is 5.78. The Hall–Kier alpha value is -2.91. The number of hydrogen-bond acceptors (Lipinski definition) is 2. The van der Waals surface area contributed by atoms with E-state index in [2.05, 4.69) is 108 Å². The topological polar surface area (TPSA) is 21.3 Å². The zero-order valence-electron chi connectivity index (χ0n) is 18.1. The first-order valence-electron chi connectivity index (χ1n) is 11.0. The van der Waals surface area contributed by atoms with E-state index in [1.165, 1.54) is 16.7 Å². The Morgan fingerprint density at radius 2 is 1.03 bits per heavy atom. The smallest absolute Gasteiger partial charge is 0.0948 e. The summed E-state index contributed by atoms with van der Waals surface area (Å²) in [5, 5.41) is 3.85. The van der Waals surface area contributed by atoms with E-state index in [4.69, 9.17) is 16.3 Å². The quantitative estimate of drug-likeness (QED) is 0.172. The molecule has 3 heteroatoms. The van der Waals surface area contributed by atoms with Crippen molar-refractivity contribution in [3.8, 4) is 0 Å². The van der Waals surface area contributed by atoms with Crippen LogP contribution in [0, 0.1) is 0 Å². The number of alkyl halides is 1. The Kier molecular flexibility index (Phi) is 7.73. The van der Waals surface area contributed by atoms with Crippen LogP contribution >= 0.6 is 11.6 Å². The minimum absolute atomic E-state index is 0.471. The monoisotopic (exact) mass is 441 g/mol. The molecular weight excluding hydrogens is 414 g/mol. The fourth-order valence-corrected chi connectivity index (χ4v) is 4.45. The van der Waals surface area contributed by atoms with Crippen LogP contribution in [0.25, 0.3) is 0 Å². The molecule has 0 aliphatic heterocycles. The highest BCUT2D eigenvalue weighted by molar-refractivity contribution is 6.17. The van der Waals surface area contributed by atoms with E-state index in [0.29, 0.717) is 25.6 Å². The molecule has 0 saturated carbocycles. The van der Waals surface area contributed by atoms with E-state index in [1.54, 1.807) is 0 Å². The van der Waals surface area contributed by atoms with Crippen LogP contribution in [0.4, 0.5) is 0 Å². The summed E-state index contributed by atoms with van der Waals surface area (Å²) >= 11 is 6.07. The van der Waals surface area contributed by atoms with Gasteiger partial charge >= 0.3 is 0 Å². The predicted octanol–water partition coefficient (Wildman–Crippen LogP) is 6.52. The fourth-order valence-electron chi connectivity index (χ4n) is 4.19. The third-order valence-corrected chi connectivity index (χ3v) is 6.06. The van der Waals surface area contributed by atoms with E-state index < -0.39 is 5.54 Å². The summed E-state index contributed by atoms with van der Waals surface area (Å²) in [4.78, 5) is 0. The molecule has 0 fully saturated rings. The number of hydrogen-bond donors (Lipinski definition) is 1. The highest BCUT2D eigenvalue weighted by Crippen LogP contribution is 2.36. The summed E-state index contributed by atoms with van der Waals surface area (Å²) in [6.07, 6.45) is 0. The summed E-state index contributed by atoms with van der Waals surface area (Å²) in [5.74, 6) is 0.497. The lowest BCUT2D eigenvalue weighted by Crippen LogP contribution is -2.46. The molecule has 0 aliphatic rings. The van der Waals surface area contributed by atoms with Crippen LogP contribution in [0.1, 0.15) is 27.8 Å². The maximum Gasteiger partial charge on any atom is 0.0948 e. The molecular formula is C29H28ClNO. The molecule has 0 amide bonds. The Labute approximate surface area is 195 Å². The molecule has 0 bridgehead atoms. The molecule has 4 rings (SSSR count). The van der Waals surface area contributed by atoms with E-state index in [-0.39, 0.29) is 0 Å². The van der Waals surface area contributed by atoms with Gasteiger partial charge < -0.3 is 4.74 Å². The largest absolute Gasteiger partial charge is 0.375 e. The molecule has 0 atom stereocenters. The second-order valence-corrected chi connectivity index (χ2v) is 8.00. The average Bonchev–Trinajstić information content (AvgIpc) is 2.88. The summed E-state index contributed by atoms with van der Waals surface area (Å²) in [6, 6.07) is 40.0. The normalized spacial score (nSPS) is 11.4. The predicted molar refractivity (Wildman–Crippen MR) is 133 cm³/mol. The Morgan fingerprint density at radius 3 is 1.50 bits per heavy atom. The number of ether oxygens (including phenoxy) is 1. The van der Waals surface area contributed by atoms with Crippen molar-refractivity contribution in [3.05, 3.63) is 143 Å². The van der Waals surface area contributed by atoms with Crippen molar-refractivity contribution < 1.29 is 4.74 Å². The van der Waals surface area contributed by atoms with E-state index in [1.807, 2.05) is 12.1 Å². The minimum Gasteiger partial charge on any atom is -0.375 e. The molecule has 4 aromatic carbocycles. The van der Waals surface area contributed by atoms with Crippen molar-refractivity contribution in [1.29, 1.82) is 0 Å². The average molecular weight is 442 g/mol. The molecule has 2 nitrogen and oxygen atoms in total. The van der Waals surface area contributed by atoms with Gasteiger partial charge in [-0.1, -0.05) is 115 Å².